The molecule has 0 saturated carbocycles. The van der Waals surface area contributed by atoms with Crippen molar-refractivity contribution >= 4 is 47.1 Å². The number of rotatable bonds is 6. The molecule has 3 heterocycles. The Hall–Kier alpha value is -3.89. The summed E-state index contributed by atoms with van der Waals surface area (Å²) in [6.07, 6.45) is 3.24. The standard InChI is InChI=1S/C15H21BO4.C13H14N2O3.C4H5IN2O.CH4/c1-10-7-8-11(13(17)18-6)9-12(10)16-19-14(2,3)15(4,5)20-16;1-8-4-5-9(13(16)18-3)6-10(8)12-11(17-2)7-14-15-12;1-8-3-2-6-7-4(3)5;/h7-9H,1-6H3;4-7H,1-3H3,(H,14,15);2H,1H3,(H,6,7);1H4. The van der Waals surface area contributed by atoms with E-state index in [1.54, 1.807) is 50.9 Å². The maximum absolute atomic E-state index is 11.6. The number of hydrogen-bond donors (Lipinski definition) is 2. The highest BCUT2D eigenvalue weighted by Crippen LogP contribution is 2.37. The summed E-state index contributed by atoms with van der Waals surface area (Å²) < 4.78 is 32.5. The number of ether oxygens (including phenoxy) is 4. The minimum atomic E-state index is -0.468. The molecule has 14 heteroatoms. The molecule has 254 valence electrons. The Kier molecular flexibility index (Phi) is 14.0. The highest BCUT2D eigenvalue weighted by Gasteiger charge is 2.52. The molecule has 0 aliphatic carbocycles. The summed E-state index contributed by atoms with van der Waals surface area (Å²) >= 11 is 2.11. The first-order chi connectivity index (χ1) is 21.7. The Morgan fingerprint density at radius 1 is 0.766 bits per heavy atom. The van der Waals surface area contributed by atoms with E-state index in [-0.39, 0.29) is 19.4 Å². The first kappa shape index (κ1) is 39.3. The highest BCUT2D eigenvalue weighted by atomic mass is 127. The molecule has 0 atom stereocenters. The second kappa shape index (κ2) is 16.8. The van der Waals surface area contributed by atoms with Gasteiger partial charge in [-0.2, -0.15) is 10.2 Å². The Morgan fingerprint density at radius 3 is 1.72 bits per heavy atom. The summed E-state index contributed by atoms with van der Waals surface area (Å²) in [6.45, 7) is 12.0. The number of halogens is 1. The molecule has 4 aromatic rings. The number of esters is 2. The molecule has 2 aromatic heterocycles. The van der Waals surface area contributed by atoms with E-state index in [9.17, 15) is 9.59 Å². The van der Waals surface area contributed by atoms with Crippen LogP contribution in [-0.2, 0) is 18.8 Å². The van der Waals surface area contributed by atoms with Crippen LogP contribution in [0.5, 0.6) is 11.5 Å². The zero-order chi connectivity index (χ0) is 34.2. The van der Waals surface area contributed by atoms with E-state index in [0.717, 1.165) is 37.3 Å². The quantitative estimate of drug-likeness (QED) is 0.138. The van der Waals surface area contributed by atoms with Crippen molar-refractivity contribution in [2.45, 2.75) is 60.2 Å². The van der Waals surface area contributed by atoms with E-state index in [1.165, 1.54) is 14.2 Å². The molecule has 1 aliphatic rings. The van der Waals surface area contributed by atoms with Crippen LogP contribution in [0.4, 0.5) is 0 Å². The van der Waals surface area contributed by atoms with Crippen molar-refractivity contribution in [2.75, 3.05) is 28.4 Å². The second-order valence-corrected chi connectivity index (χ2v) is 12.3. The van der Waals surface area contributed by atoms with E-state index in [2.05, 4.69) is 43.0 Å². The van der Waals surface area contributed by atoms with Gasteiger partial charge in [0.1, 0.15) is 9.39 Å². The summed E-state index contributed by atoms with van der Waals surface area (Å²) in [7, 11) is 5.46. The fraction of sp³-hybridized carbons (Fsp3) is 0.394. The number of carbonyl (C=O) groups is 2. The number of aromatic nitrogens is 4. The minimum absolute atomic E-state index is 0. The lowest BCUT2D eigenvalue weighted by Crippen LogP contribution is -2.41. The SMILES string of the molecule is C.COC(=O)c1ccc(C)c(-c2[nH]ncc2OC)c1.COC(=O)c1ccc(C)c(B2OC(C)(C)C(C)(C)O2)c1.COc1cn[nH]c1I. The van der Waals surface area contributed by atoms with Crippen LogP contribution in [0.1, 0.15) is 67.0 Å². The predicted octanol–water partition coefficient (Wildman–Crippen LogP) is 5.92. The molecule has 47 heavy (non-hydrogen) atoms. The zero-order valence-corrected chi connectivity index (χ0v) is 29.9. The van der Waals surface area contributed by atoms with Gasteiger partial charge >= 0.3 is 19.1 Å². The van der Waals surface area contributed by atoms with Crippen molar-refractivity contribution in [3.05, 3.63) is 74.7 Å². The molecule has 0 unspecified atom stereocenters. The molecular formula is C33H44BIN4O8. The highest BCUT2D eigenvalue weighted by molar-refractivity contribution is 14.1. The molecule has 12 nitrogen and oxygen atoms in total. The van der Waals surface area contributed by atoms with Gasteiger partial charge in [0, 0.05) is 5.56 Å². The van der Waals surface area contributed by atoms with Gasteiger partial charge in [0.15, 0.2) is 11.5 Å². The fourth-order valence-electron chi connectivity index (χ4n) is 4.27. The Balaban J connectivity index is 0.000000262. The van der Waals surface area contributed by atoms with Gasteiger partial charge in [-0.1, -0.05) is 25.1 Å². The van der Waals surface area contributed by atoms with Crippen molar-refractivity contribution in [3.8, 4) is 22.8 Å². The van der Waals surface area contributed by atoms with Gasteiger partial charge in [-0.05, 0) is 99.4 Å². The number of aromatic amines is 2. The van der Waals surface area contributed by atoms with Crippen LogP contribution in [0.25, 0.3) is 11.3 Å². The molecule has 2 N–H and O–H groups in total. The molecule has 0 amide bonds. The van der Waals surface area contributed by atoms with Crippen LogP contribution in [-0.4, -0.2) is 79.1 Å². The van der Waals surface area contributed by atoms with Crippen LogP contribution in [0.2, 0.25) is 0 Å². The number of benzene rings is 2. The van der Waals surface area contributed by atoms with E-state index in [1.807, 2.05) is 53.7 Å². The second-order valence-electron chi connectivity index (χ2n) is 11.2. The number of H-pyrrole nitrogens is 2. The zero-order valence-electron chi connectivity index (χ0n) is 27.7. The van der Waals surface area contributed by atoms with Crippen molar-refractivity contribution in [1.29, 1.82) is 0 Å². The van der Waals surface area contributed by atoms with Gasteiger partial charge in [-0.25, -0.2) is 9.59 Å². The summed E-state index contributed by atoms with van der Waals surface area (Å²) in [5.41, 5.74) is 4.73. The first-order valence-corrected chi connectivity index (χ1v) is 15.3. The van der Waals surface area contributed by atoms with Gasteiger partial charge in [0.2, 0.25) is 0 Å². The van der Waals surface area contributed by atoms with Crippen molar-refractivity contribution in [3.63, 3.8) is 0 Å². The topological polar surface area (TPSA) is 147 Å². The van der Waals surface area contributed by atoms with E-state index < -0.39 is 18.3 Å². The summed E-state index contributed by atoms with van der Waals surface area (Å²) in [4.78, 5) is 23.2. The number of nitrogens with one attached hydrogen (secondary N) is 2. The van der Waals surface area contributed by atoms with E-state index >= 15 is 0 Å². The number of carbonyl (C=O) groups excluding carboxylic acids is 2. The lowest BCUT2D eigenvalue weighted by molar-refractivity contribution is 0.00578. The molecule has 1 aliphatic heterocycles. The number of aryl methyl sites for hydroxylation is 2. The third-order valence-corrected chi connectivity index (χ3v) is 8.51. The molecule has 2 aromatic carbocycles. The van der Waals surface area contributed by atoms with Gasteiger partial charge in [0.05, 0.1) is 63.2 Å². The molecule has 5 rings (SSSR count). The maximum Gasteiger partial charge on any atom is 0.495 e. The smallest absolute Gasteiger partial charge is 0.493 e. The summed E-state index contributed by atoms with van der Waals surface area (Å²) in [6, 6.07) is 10.8. The van der Waals surface area contributed by atoms with E-state index in [0.29, 0.717) is 16.9 Å². The van der Waals surface area contributed by atoms with Crippen molar-refractivity contribution in [2.24, 2.45) is 0 Å². The normalized spacial score (nSPS) is 14.0. The Bertz CT molecular complexity index is 1640. The Morgan fingerprint density at radius 2 is 1.26 bits per heavy atom. The lowest BCUT2D eigenvalue weighted by Gasteiger charge is -2.32. The fourth-order valence-corrected chi connectivity index (χ4v) is 4.77. The van der Waals surface area contributed by atoms with Gasteiger partial charge in [-0.3, -0.25) is 10.2 Å². The monoisotopic (exact) mass is 762 g/mol. The van der Waals surface area contributed by atoms with E-state index in [4.69, 9.17) is 28.3 Å². The number of hydrogen-bond acceptors (Lipinski definition) is 10. The first-order valence-electron chi connectivity index (χ1n) is 14.2. The molecule has 0 bridgehead atoms. The van der Waals surface area contributed by atoms with Gasteiger partial charge in [0.25, 0.3) is 0 Å². The average molecular weight is 762 g/mol. The predicted molar refractivity (Wildman–Crippen MR) is 189 cm³/mol. The lowest BCUT2D eigenvalue weighted by atomic mass is 9.75. The third kappa shape index (κ3) is 9.35. The van der Waals surface area contributed by atoms with Crippen molar-refractivity contribution in [1.82, 2.24) is 20.4 Å². The molecular weight excluding hydrogens is 718 g/mol. The van der Waals surface area contributed by atoms with Crippen LogP contribution in [0.3, 0.4) is 0 Å². The molecule has 1 saturated heterocycles. The number of nitrogens with zero attached hydrogens (tertiary/aromatic N) is 2. The number of methoxy groups -OCH3 is 4. The van der Waals surface area contributed by atoms with Gasteiger partial charge in [-0.15, -0.1) is 0 Å². The van der Waals surface area contributed by atoms with Crippen LogP contribution in [0.15, 0.2) is 48.8 Å². The van der Waals surface area contributed by atoms with Crippen LogP contribution < -0.4 is 14.9 Å². The average Bonchev–Trinajstić information content (AvgIpc) is 3.73. The maximum atomic E-state index is 11.6. The Labute approximate surface area is 290 Å². The van der Waals surface area contributed by atoms with Gasteiger partial charge < -0.3 is 28.3 Å². The summed E-state index contributed by atoms with van der Waals surface area (Å²) in [5.74, 6) is 0.711. The largest absolute Gasteiger partial charge is 0.495 e. The minimum Gasteiger partial charge on any atom is -0.493 e. The molecule has 0 spiro atoms. The molecule has 0 radical (unpaired) electrons. The summed E-state index contributed by atoms with van der Waals surface area (Å²) in [5, 5.41) is 13.3. The third-order valence-electron chi connectivity index (χ3n) is 7.74. The van der Waals surface area contributed by atoms with Crippen molar-refractivity contribution < 1.29 is 37.8 Å². The van der Waals surface area contributed by atoms with Crippen LogP contribution >= 0.6 is 22.6 Å². The molecule has 1 fully saturated rings. The van der Waals surface area contributed by atoms with Crippen LogP contribution in [0, 0.1) is 17.5 Å².